The Morgan fingerprint density at radius 3 is 2.24 bits per heavy atom. The molecule has 29 heavy (non-hydrogen) atoms. The maximum atomic E-state index is 12.7. The third-order valence-electron chi connectivity index (χ3n) is 4.88. The van der Waals surface area contributed by atoms with Crippen LogP contribution in [-0.2, 0) is 11.3 Å². The number of ether oxygens (including phenoxy) is 1. The van der Waals surface area contributed by atoms with E-state index in [0.29, 0.717) is 13.1 Å². The number of rotatable bonds is 7. The maximum Gasteiger partial charge on any atom is 0.238 e. The Kier molecular flexibility index (Phi) is 6.68. The molecule has 0 atom stereocenters. The molecule has 0 aliphatic heterocycles. The molecule has 0 radical (unpaired) electrons. The number of nitrogens with zero attached hydrogens (tertiary/aromatic N) is 1. The van der Waals surface area contributed by atoms with Crippen molar-refractivity contribution in [3.8, 4) is 16.9 Å². The van der Waals surface area contributed by atoms with Gasteiger partial charge in [0.15, 0.2) is 0 Å². The first-order valence-electron chi connectivity index (χ1n) is 9.75. The SMILES string of the molecule is COc1c(C)cc(CN(C)CC(=O)Nc2ccccc2-c2ccccc2)cc1C. The molecule has 3 rings (SSSR count). The first kappa shape index (κ1) is 20.6. The summed E-state index contributed by atoms with van der Waals surface area (Å²) in [6.45, 7) is 5.10. The smallest absolute Gasteiger partial charge is 0.238 e. The number of aryl methyl sites for hydroxylation is 2. The van der Waals surface area contributed by atoms with E-state index in [9.17, 15) is 4.79 Å². The second kappa shape index (κ2) is 9.39. The Balaban J connectivity index is 1.66. The van der Waals surface area contributed by atoms with Gasteiger partial charge in [0.25, 0.3) is 0 Å². The zero-order valence-corrected chi connectivity index (χ0v) is 17.5. The summed E-state index contributed by atoms with van der Waals surface area (Å²) < 4.78 is 5.44. The van der Waals surface area contributed by atoms with Gasteiger partial charge in [-0.2, -0.15) is 0 Å². The summed E-state index contributed by atoms with van der Waals surface area (Å²) >= 11 is 0. The number of hydrogen-bond acceptors (Lipinski definition) is 3. The van der Waals surface area contributed by atoms with Gasteiger partial charge in [0.1, 0.15) is 5.75 Å². The van der Waals surface area contributed by atoms with Crippen molar-refractivity contribution in [3.63, 3.8) is 0 Å². The molecule has 1 N–H and O–H groups in total. The van der Waals surface area contributed by atoms with E-state index in [2.05, 4.69) is 17.4 Å². The molecule has 0 aromatic heterocycles. The summed E-state index contributed by atoms with van der Waals surface area (Å²) in [4.78, 5) is 14.7. The molecule has 0 fully saturated rings. The van der Waals surface area contributed by atoms with E-state index in [-0.39, 0.29) is 5.91 Å². The monoisotopic (exact) mass is 388 g/mol. The van der Waals surface area contributed by atoms with Crippen molar-refractivity contribution in [2.24, 2.45) is 0 Å². The van der Waals surface area contributed by atoms with Crippen molar-refractivity contribution in [2.45, 2.75) is 20.4 Å². The highest BCUT2D eigenvalue weighted by Gasteiger charge is 2.12. The van der Waals surface area contributed by atoms with E-state index >= 15 is 0 Å². The van der Waals surface area contributed by atoms with E-state index in [1.807, 2.05) is 80.4 Å². The van der Waals surface area contributed by atoms with Gasteiger partial charge in [-0.25, -0.2) is 0 Å². The molecule has 1 amide bonds. The van der Waals surface area contributed by atoms with Gasteiger partial charge < -0.3 is 10.1 Å². The van der Waals surface area contributed by atoms with Crippen LogP contribution in [0.5, 0.6) is 5.75 Å². The van der Waals surface area contributed by atoms with Crippen molar-refractivity contribution in [1.82, 2.24) is 4.90 Å². The number of likely N-dealkylation sites (N-methyl/N-ethyl adjacent to an activating group) is 1. The van der Waals surface area contributed by atoms with Crippen LogP contribution >= 0.6 is 0 Å². The van der Waals surface area contributed by atoms with E-state index in [4.69, 9.17) is 4.74 Å². The molecule has 3 aromatic carbocycles. The molecule has 0 spiro atoms. The van der Waals surface area contributed by atoms with Crippen molar-refractivity contribution >= 4 is 11.6 Å². The second-order valence-corrected chi connectivity index (χ2v) is 7.39. The number of anilines is 1. The summed E-state index contributed by atoms with van der Waals surface area (Å²) in [6, 6.07) is 22.2. The van der Waals surface area contributed by atoms with Gasteiger partial charge in [0.05, 0.1) is 13.7 Å². The predicted octanol–water partition coefficient (Wildman–Crippen LogP) is 5.05. The predicted molar refractivity (Wildman–Crippen MR) is 119 cm³/mol. The lowest BCUT2D eigenvalue weighted by Gasteiger charge is -2.19. The summed E-state index contributed by atoms with van der Waals surface area (Å²) in [5, 5.41) is 3.07. The van der Waals surface area contributed by atoms with E-state index in [0.717, 1.165) is 33.7 Å². The number of benzene rings is 3. The Morgan fingerprint density at radius 1 is 0.966 bits per heavy atom. The Labute approximate surface area is 173 Å². The van der Waals surface area contributed by atoms with Gasteiger partial charge in [-0.05, 0) is 49.2 Å². The quantitative estimate of drug-likeness (QED) is 0.616. The van der Waals surface area contributed by atoms with Crippen LogP contribution in [0.25, 0.3) is 11.1 Å². The van der Waals surface area contributed by atoms with Crippen molar-refractivity contribution < 1.29 is 9.53 Å². The molecule has 0 saturated heterocycles. The molecule has 0 aliphatic carbocycles. The standard InChI is InChI=1S/C25H28N2O2/c1-18-14-20(15-19(2)25(18)29-4)16-27(3)17-24(28)26-23-13-9-8-12-22(23)21-10-6-5-7-11-21/h5-15H,16-17H2,1-4H3,(H,26,28). The Hall–Kier alpha value is -3.11. The number of para-hydroxylation sites is 1. The first-order valence-corrected chi connectivity index (χ1v) is 9.75. The average molecular weight is 389 g/mol. The molecule has 0 heterocycles. The van der Waals surface area contributed by atoms with Gasteiger partial charge in [-0.15, -0.1) is 0 Å². The van der Waals surface area contributed by atoms with E-state index < -0.39 is 0 Å². The zero-order chi connectivity index (χ0) is 20.8. The largest absolute Gasteiger partial charge is 0.496 e. The van der Waals surface area contributed by atoms with E-state index in [1.54, 1.807) is 7.11 Å². The van der Waals surface area contributed by atoms with Crippen molar-refractivity contribution in [3.05, 3.63) is 83.4 Å². The molecule has 150 valence electrons. The molecule has 0 saturated carbocycles. The van der Waals surface area contributed by atoms with Gasteiger partial charge >= 0.3 is 0 Å². The van der Waals surface area contributed by atoms with Crippen LogP contribution in [0, 0.1) is 13.8 Å². The minimum absolute atomic E-state index is 0.0298. The van der Waals surface area contributed by atoms with Gasteiger partial charge in [0.2, 0.25) is 5.91 Å². The van der Waals surface area contributed by atoms with Crippen molar-refractivity contribution in [1.29, 1.82) is 0 Å². The number of amides is 1. The lowest BCUT2D eigenvalue weighted by molar-refractivity contribution is -0.117. The van der Waals surface area contributed by atoms with Crippen molar-refractivity contribution in [2.75, 3.05) is 26.0 Å². The summed E-state index contributed by atoms with van der Waals surface area (Å²) in [6.07, 6.45) is 0. The third kappa shape index (κ3) is 5.24. The number of methoxy groups -OCH3 is 1. The van der Waals surface area contributed by atoms with Crippen LogP contribution in [0.15, 0.2) is 66.7 Å². The minimum Gasteiger partial charge on any atom is -0.496 e. The molecular weight excluding hydrogens is 360 g/mol. The van der Waals surface area contributed by atoms with Crippen LogP contribution in [0.1, 0.15) is 16.7 Å². The highest BCUT2D eigenvalue weighted by Crippen LogP contribution is 2.28. The lowest BCUT2D eigenvalue weighted by atomic mass is 10.0. The fraction of sp³-hybridized carbons (Fsp3) is 0.240. The zero-order valence-electron chi connectivity index (χ0n) is 17.5. The van der Waals surface area contributed by atoms with Crippen LogP contribution in [0.4, 0.5) is 5.69 Å². The Morgan fingerprint density at radius 2 is 1.59 bits per heavy atom. The topological polar surface area (TPSA) is 41.6 Å². The first-order chi connectivity index (χ1) is 14.0. The molecule has 0 aliphatic rings. The molecule has 0 bridgehead atoms. The van der Waals surface area contributed by atoms with Crippen LogP contribution in [0.2, 0.25) is 0 Å². The van der Waals surface area contributed by atoms with Crippen LogP contribution < -0.4 is 10.1 Å². The number of carbonyl (C=O) groups is 1. The molecule has 3 aromatic rings. The van der Waals surface area contributed by atoms with Gasteiger partial charge in [0, 0.05) is 17.8 Å². The summed E-state index contributed by atoms with van der Waals surface area (Å²) in [5.41, 5.74) is 6.31. The van der Waals surface area contributed by atoms with E-state index in [1.165, 1.54) is 5.56 Å². The number of carbonyl (C=O) groups excluding carboxylic acids is 1. The fourth-order valence-corrected chi connectivity index (χ4v) is 3.72. The normalized spacial score (nSPS) is 10.8. The molecule has 0 unspecified atom stereocenters. The number of nitrogens with one attached hydrogen (secondary N) is 1. The molecule has 4 nitrogen and oxygen atoms in total. The summed E-state index contributed by atoms with van der Waals surface area (Å²) in [7, 11) is 3.65. The summed E-state index contributed by atoms with van der Waals surface area (Å²) in [5.74, 6) is 0.893. The van der Waals surface area contributed by atoms with Crippen LogP contribution in [0.3, 0.4) is 0 Å². The Bertz CT molecular complexity index is 960. The second-order valence-electron chi connectivity index (χ2n) is 7.39. The highest BCUT2D eigenvalue weighted by molar-refractivity contribution is 5.96. The van der Waals surface area contributed by atoms with Crippen LogP contribution in [-0.4, -0.2) is 31.5 Å². The average Bonchev–Trinajstić information content (AvgIpc) is 2.68. The number of hydrogen-bond donors (Lipinski definition) is 1. The lowest BCUT2D eigenvalue weighted by Crippen LogP contribution is -2.30. The fourth-order valence-electron chi connectivity index (χ4n) is 3.72. The molecule has 4 heteroatoms. The minimum atomic E-state index is -0.0298. The highest BCUT2D eigenvalue weighted by atomic mass is 16.5. The molecular formula is C25H28N2O2. The van der Waals surface area contributed by atoms with Gasteiger partial charge in [-0.1, -0.05) is 60.7 Å². The van der Waals surface area contributed by atoms with Gasteiger partial charge in [-0.3, -0.25) is 9.69 Å². The third-order valence-corrected chi connectivity index (χ3v) is 4.88. The maximum absolute atomic E-state index is 12.7.